The molecule has 1 aliphatic rings. The molecular weight excluding hydrogens is 330 g/mol. The molecule has 4 nitrogen and oxygen atoms in total. The molecule has 3 atom stereocenters. The Morgan fingerprint density at radius 3 is 2.80 bits per heavy atom. The molecule has 134 valence electrons. The van der Waals surface area contributed by atoms with Gasteiger partial charge in [-0.25, -0.2) is 4.68 Å². The number of carbonyl (C=O) groups excluding carboxylic acids is 1. The van der Waals surface area contributed by atoms with Gasteiger partial charge in [-0.3, -0.25) is 4.79 Å². The molecule has 1 heterocycles. The molecule has 1 aliphatic carbocycles. The van der Waals surface area contributed by atoms with Crippen LogP contribution in [-0.2, 0) is 10.5 Å². The highest BCUT2D eigenvalue weighted by molar-refractivity contribution is 7.99. The van der Waals surface area contributed by atoms with E-state index in [9.17, 15) is 4.79 Å². The second-order valence-electron chi connectivity index (χ2n) is 7.05. The van der Waals surface area contributed by atoms with Gasteiger partial charge < -0.3 is 5.32 Å². The maximum atomic E-state index is 12.2. The van der Waals surface area contributed by atoms with Crippen molar-refractivity contribution in [2.45, 2.75) is 44.9 Å². The number of amides is 1. The van der Waals surface area contributed by atoms with Gasteiger partial charge in [0.25, 0.3) is 0 Å². The fraction of sp³-hybridized carbons (Fsp3) is 0.500. The molecule has 1 fully saturated rings. The molecular formula is C20H27N3OS. The lowest BCUT2D eigenvalue weighted by Crippen LogP contribution is -2.44. The molecule has 25 heavy (non-hydrogen) atoms. The van der Waals surface area contributed by atoms with Gasteiger partial charge in [0.05, 0.1) is 11.4 Å². The van der Waals surface area contributed by atoms with Crippen LogP contribution in [0, 0.1) is 11.8 Å². The lowest BCUT2D eigenvalue weighted by Gasteiger charge is -2.34. The summed E-state index contributed by atoms with van der Waals surface area (Å²) in [6.07, 6.45) is 7.34. The molecule has 2 aromatic rings. The molecule has 1 amide bonds. The van der Waals surface area contributed by atoms with Crippen LogP contribution < -0.4 is 5.32 Å². The summed E-state index contributed by atoms with van der Waals surface area (Å²) in [5, 5.41) is 7.47. The summed E-state index contributed by atoms with van der Waals surface area (Å²) in [7, 11) is 0. The van der Waals surface area contributed by atoms with Crippen LogP contribution in [0.1, 0.15) is 38.7 Å². The van der Waals surface area contributed by atoms with Gasteiger partial charge in [0.2, 0.25) is 5.91 Å². The lowest BCUT2D eigenvalue weighted by atomic mass is 9.78. The summed E-state index contributed by atoms with van der Waals surface area (Å²) in [5.41, 5.74) is 2.28. The maximum absolute atomic E-state index is 12.2. The first kappa shape index (κ1) is 18.1. The van der Waals surface area contributed by atoms with Crippen molar-refractivity contribution in [3.05, 3.63) is 48.3 Å². The average Bonchev–Trinajstić information content (AvgIpc) is 3.14. The average molecular weight is 358 g/mol. The van der Waals surface area contributed by atoms with Gasteiger partial charge in [-0.1, -0.05) is 38.8 Å². The van der Waals surface area contributed by atoms with Crippen LogP contribution in [0.5, 0.6) is 0 Å². The smallest absolute Gasteiger partial charge is 0.230 e. The van der Waals surface area contributed by atoms with Crippen LogP contribution in [0.3, 0.4) is 0 Å². The minimum atomic E-state index is 0.170. The third kappa shape index (κ3) is 4.88. The first-order valence-electron chi connectivity index (χ1n) is 9.09. The van der Waals surface area contributed by atoms with E-state index in [0.29, 0.717) is 23.6 Å². The largest absolute Gasteiger partial charge is 0.352 e. The van der Waals surface area contributed by atoms with Gasteiger partial charge in [0.15, 0.2) is 0 Å². The van der Waals surface area contributed by atoms with E-state index in [4.69, 9.17) is 0 Å². The molecule has 1 N–H and O–H groups in total. The van der Waals surface area contributed by atoms with E-state index >= 15 is 0 Å². The molecule has 0 spiro atoms. The summed E-state index contributed by atoms with van der Waals surface area (Å²) in [5.74, 6) is 2.84. The van der Waals surface area contributed by atoms with Crippen molar-refractivity contribution in [1.29, 1.82) is 0 Å². The van der Waals surface area contributed by atoms with E-state index in [1.54, 1.807) is 18.0 Å². The number of carbonyl (C=O) groups is 1. The van der Waals surface area contributed by atoms with Crippen LogP contribution in [0.4, 0.5) is 0 Å². The van der Waals surface area contributed by atoms with Crippen molar-refractivity contribution in [3.63, 3.8) is 0 Å². The molecule has 0 saturated heterocycles. The van der Waals surface area contributed by atoms with Crippen molar-refractivity contribution in [1.82, 2.24) is 15.1 Å². The van der Waals surface area contributed by atoms with Crippen molar-refractivity contribution >= 4 is 17.7 Å². The highest BCUT2D eigenvalue weighted by Gasteiger charge is 2.27. The molecule has 5 heteroatoms. The normalized spacial score (nSPS) is 23.4. The van der Waals surface area contributed by atoms with Crippen LogP contribution in [0.25, 0.3) is 5.69 Å². The van der Waals surface area contributed by atoms with Crippen LogP contribution in [0.2, 0.25) is 0 Å². The minimum absolute atomic E-state index is 0.170. The maximum Gasteiger partial charge on any atom is 0.230 e. The first-order valence-corrected chi connectivity index (χ1v) is 10.2. The summed E-state index contributed by atoms with van der Waals surface area (Å²) >= 11 is 1.67. The van der Waals surface area contributed by atoms with Crippen molar-refractivity contribution in [2.24, 2.45) is 11.8 Å². The number of rotatable bonds is 6. The molecule has 1 saturated carbocycles. The van der Waals surface area contributed by atoms with Gasteiger partial charge >= 0.3 is 0 Å². The van der Waals surface area contributed by atoms with Gasteiger partial charge in [-0.2, -0.15) is 5.10 Å². The van der Waals surface area contributed by atoms with E-state index < -0.39 is 0 Å². The van der Waals surface area contributed by atoms with E-state index in [1.165, 1.54) is 18.4 Å². The van der Waals surface area contributed by atoms with E-state index in [2.05, 4.69) is 48.5 Å². The Morgan fingerprint density at radius 1 is 1.28 bits per heavy atom. The Bertz CT molecular complexity index is 669. The Hall–Kier alpha value is -1.75. The Balaban J connectivity index is 1.42. The molecule has 0 aliphatic heterocycles. The second-order valence-corrected chi connectivity index (χ2v) is 8.04. The number of thioether (sulfide) groups is 1. The fourth-order valence-electron chi connectivity index (χ4n) is 3.46. The van der Waals surface area contributed by atoms with Gasteiger partial charge in [-0.05, 0) is 42.0 Å². The molecule has 0 unspecified atom stereocenters. The van der Waals surface area contributed by atoms with Crippen molar-refractivity contribution < 1.29 is 4.79 Å². The fourth-order valence-corrected chi connectivity index (χ4v) is 4.26. The molecule has 1 aromatic heterocycles. The Labute approximate surface area is 154 Å². The first-order chi connectivity index (χ1) is 12.1. The number of aromatic nitrogens is 2. The van der Waals surface area contributed by atoms with Gasteiger partial charge in [-0.15, -0.1) is 11.8 Å². The minimum Gasteiger partial charge on any atom is -0.352 e. The predicted octanol–water partition coefficient (Wildman–Crippen LogP) is 4.05. The van der Waals surface area contributed by atoms with Crippen molar-refractivity contribution in [2.75, 3.05) is 5.75 Å². The lowest BCUT2D eigenvalue weighted by molar-refractivity contribution is -0.119. The molecule has 0 bridgehead atoms. The number of hydrogen-bond acceptors (Lipinski definition) is 3. The highest BCUT2D eigenvalue weighted by Crippen LogP contribution is 2.29. The number of nitrogens with zero attached hydrogens (tertiary/aromatic N) is 2. The zero-order chi connectivity index (χ0) is 17.6. The standard InChI is InChI=1S/C20H27N3OS/c1-15-5-3-6-19(16(15)2)22-20(24)14-25-13-17-7-9-18(10-8-17)23-12-4-11-21-23/h4,7-12,15-16,19H,3,5-6,13-14H2,1-2H3,(H,22,24)/t15-,16-,19-/m1/s1. The zero-order valence-corrected chi connectivity index (χ0v) is 15.8. The molecule has 0 radical (unpaired) electrons. The number of hydrogen-bond donors (Lipinski definition) is 1. The van der Waals surface area contributed by atoms with Gasteiger partial charge in [0, 0.05) is 24.2 Å². The van der Waals surface area contributed by atoms with Crippen molar-refractivity contribution in [3.8, 4) is 5.69 Å². The Kier molecular flexibility index (Phi) is 6.19. The number of benzene rings is 1. The number of nitrogens with one attached hydrogen (secondary N) is 1. The van der Waals surface area contributed by atoms with Crippen LogP contribution >= 0.6 is 11.8 Å². The third-order valence-electron chi connectivity index (χ3n) is 5.26. The molecule has 1 aromatic carbocycles. The quantitative estimate of drug-likeness (QED) is 0.848. The monoisotopic (exact) mass is 357 g/mol. The van der Waals surface area contributed by atoms with E-state index in [0.717, 1.165) is 17.9 Å². The third-order valence-corrected chi connectivity index (χ3v) is 6.26. The summed E-state index contributed by atoms with van der Waals surface area (Å²) < 4.78 is 1.84. The van der Waals surface area contributed by atoms with Crippen LogP contribution in [-0.4, -0.2) is 27.5 Å². The Morgan fingerprint density at radius 2 is 2.08 bits per heavy atom. The summed E-state index contributed by atoms with van der Waals surface area (Å²) in [4.78, 5) is 12.2. The zero-order valence-electron chi connectivity index (χ0n) is 15.0. The summed E-state index contributed by atoms with van der Waals surface area (Å²) in [6.45, 7) is 4.56. The molecule has 3 rings (SSSR count). The second kappa shape index (κ2) is 8.56. The van der Waals surface area contributed by atoms with Gasteiger partial charge in [0.1, 0.15) is 0 Å². The SMILES string of the molecule is C[C@@H]1[C@H](C)CCC[C@H]1NC(=O)CSCc1ccc(-n2cccn2)cc1. The summed E-state index contributed by atoms with van der Waals surface area (Å²) in [6, 6.07) is 10.6. The predicted molar refractivity (Wildman–Crippen MR) is 104 cm³/mol. The van der Waals surface area contributed by atoms with E-state index in [-0.39, 0.29) is 5.91 Å². The highest BCUT2D eigenvalue weighted by atomic mass is 32.2. The van der Waals surface area contributed by atoms with E-state index in [1.807, 2.05) is 16.9 Å². The van der Waals surface area contributed by atoms with Crippen LogP contribution in [0.15, 0.2) is 42.7 Å². The topological polar surface area (TPSA) is 46.9 Å².